The molecular formula is C12H26N2O. The van der Waals surface area contributed by atoms with Crippen molar-refractivity contribution in [2.45, 2.75) is 58.4 Å². The molecule has 0 saturated heterocycles. The number of hydrogen-bond acceptors (Lipinski definition) is 2. The third kappa shape index (κ3) is 8.43. The van der Waals surface area contributed by atoms with Gasteiger partial charge in [0.1, 0.15) is 0 Å². The van der Waals surface area contributed by atoms with Crippen molar-refractivity contribution in [2.75, 3.05) is 6.54 Å². The van der Waals surface area contributed by atoms with Crippen molar-refractivity contribution < 1.29 is 4.79 Å². The maximum absolute atomic E-state index is 10.1. The summed E-state index contributed by atoms with van der Waals surface area (Å²) < 4.78 is 0. The number of carbonyl (C=O) groups is 1. The van der Waals surface area contributed by atoms with E-state index in [1.165, 1.54) is 32.1 Å². The Hall–Kier alpha value is -0.570. The maximum atomic E-state index is 10.1. The van der Waals surface area contributed by atoms with Gasteiger partial charge in [-0.1, -0.05) is 32.6 Å². The molecule has 0 heterocycles. The molecule has 0 fully saturated rings. The smallest absolute Gasteiger partial charge is 0.207 e. The monoisotopic (exact) mass is 214 g/mol. The summed E-state index contributed by atoms with van der Waals surface area (Å²) in [6.45, 7) is 5.03. The average Bonchev–Trinajstić information content (AvgIpc) is 2.21. The molecule has 3 nitrogen and oxygen atoms in total. The lowest BCUT2D eigenvalue weighted by Crippen LogP contribution is -2.29. The lowest BCUT2D eigenvalue weighted by molar-refractivity contribution is -0.109. The van der Waals surface area contributed by atoms with Crippen LogP contribution in [-0.4, -0.2) is 19.0 Å². The first-order valence-electron chi connectivity index (χ1n) is 6.15. The van der Waals surface area contributed by atoms with Gasteiger partial charge in [0.2, 0.25) is 6.41 Å². The third-order valence-electron chi connectivity index (χ3n) is 2.91. The number of unbranched alkanes of at least 4 members (excludes halogenated alkanes) is 3. The minimum atomic E-state index is 0.236. The SMILES string of the molecule is CCCCCCC(CCNC=O)C(C)N. The first-order valence-corrected chi connectivity index (χ1v) is 6.15. The molecular weight excluding hydrogens is 188 g/mol. The molecule has 0 aromatic heterocycles. The van der Waals surface area contributed by atoms with E-state index in [1.807, 2.05) is 0 Å². The summed E-state index contributed by atoms with van der Waals surface area (Å²) in [6.07, 6.45) is 8.12. The van der Waals surface area contributed by atoms with Gasteiger partial charge in [-0.2, -0.15) is 0 Å². The van der Waals surface area contributed by atoms with Gasteiger partial charge in [0.05, 0.1) is 0 Å². The second-order valence-electron chi connectivity index (χ2n) is 4.33. The van der Waals surface area contributed by atoms with Crippen LogP contribution in [-0.2, 0) is 4.79 Å². The Bertz CT molecular complexity index is 149. The van der Waals surface area contributed by atoms with Crippen molar-refractivity contribution in [1.29, 1.82) is 0 Å². The highest BCUT2D eigenvalue weighted by Crippen LogP contribution is 2.16. The van der Waals surface area contributed by atoms with E-state index >= 15 is 0 Å². The molecule has 2 unspecified atom stereocenters. The number of rotatable bonds is 10. The fourth-order valence-corrected chi connectivity index (χ4v) is 1.83. The van der Waals surface area contributed by atoms with Crippen molar-refractivity contribution in [2.24, 2.45) is 11.7 Å². The van der Waals surface area contributed by atoms with Crippen LogP contribution in [0.15, 0.2) is 0 Å². The zero-order chi connectivity index (χ0) is 11.5. The maximum Gasteiger partial charge on any atom is 0.207 e. The van der Waals surface area contributed by atoms with Crippen LogP contribution < -0.4 is 11.1 Å². The van der Waals surface area contributed by atoms with Crippen molar-refractivity contribution >= 4 is 6.41 Å². The zero-order valence-electron chi connectivity index (χ0n) is 10.2. The molecule has 0 radical (unpaired) electrons. The van der Waals surface area contributed by atoms with Crippen LogP contribution in [0.1, 0.15) is 52.4 Å². The fraction of sp³-hybridized carbons (Fsp3) is 0.917. The molecule has 0 bridgehead atoms. The van der Waals surface area contributed by atoms with Gasteiger partial charge in [-0.25, -0.2) is 0 Å². The molecule has 15 heavy (non-hydrogen) atoms. The zero-order valence-corrected chi connectivity index (χ0v) is 10.2. The van der Waals surface area contributed by atoms with Gasteiger partial charge in [0.15, 0.2) is 0 Å². The molecule has 0 rings (SSSR count). The lowest BCUT2D eigenvalue weighted by Gasteiger charge is -2.20. The van der Waals surface area contributed by atoms with Crippen LogP contribution in [0.5, 0.6) is 0 Å². The number of amides is 1. The standard InChI is InChI=1S/C12H26N2O/c1-3-4-5-6-7-12(11(2)13)8-9-14-10-15/h10-12H,3-9,13H2,1-2H3,(H,14,15). The minimum Gasteiger partial charge on any atom is -0.359 e. The van der Waals surface area contributed by atoms with E-state index in [1.54, 1.807) is 0 Å². The summed E-state index contributed by atoms with van der Waals surface area (Å²) in [7, 11) is 0. The molecule has 3 heteroatoms. The molecule has 0 aromatic rings. The Morgan fingerprint density at radius 1 is 1.27 bits per heavy atom. The van der Waals surface area contributed by atoms with Gasteiger partial charge in [-0.3, -0.25) is 4.79 Å². The average molecular weight is 214 g/mol. The predicted octanol–water partition coefficient (Wildman–Crippen LogP) is 2.06. The number of nitrogens with two attached hydrogens (primary N) is 1. The van der Waals surface area contributed by atoms with Gasteiger partial charge < -0.3 is 11.1 Å². The van der Waals surface area contributed by atoms with E-state index in [2.05, 4.69) is 19.2 Å². The molecule has 0 aromatic carbocycles. The van der Waals surface area contributed by atoms with Crippen molar-refractivity contribution in [1.82, 2.24) is 5.32 Å². The van der Waals surface area contributed by atoms with Crippen molar-refractivity contribution in [3.8, 4) is 0 Å². The van der Waals surface area contributed by atoms with Gasteiger partial charge in [0, 0.05) is 12.6 Å². The quantitative estimate of drug-likeness (QED) is 0.432. The summed E-state index contributed by atoms with van der Waals surface area (Å²) in [5.74, 6) is 0.550. The molecule has 0 aliphatic carbocycles. The topological polar surface area (TPSA) is 55.1 Å². The van der Waals surface area contributed by atoms with E-state index in [-0.39, 0.29) is 6.04 Å². The molecule has 0 aliphatic heterocycles. The third-order valence-corrected chi connectivity index (χ3v) is 2.91. The van der Waals surface area contributed by atoms with Crippen LogP contribution in [0.25, 0.3) is 0 Å². The van der Waals surface area contributed by atoms with E-state index in [0.29, 0.717) is 5.92 Å². The van der Waals surface area contributed by atoms with Crippen molar-refractivity contribution in [3.63, 3.8) is 0 Å². The highest BCUT2D eigenvalue weighted by molar-refractivity contribution is 5.45. The van der Waals surface area contributed by atoms with Crippen LogP contribution in [0.2, 0.25) is 0 Å². The first-order chi connectivity index (χ1) is 7.22. The van der Waals surface area contributed by atoms with Gasteiger partial charge in [-0.15, -0.1) is 0 Å². The number of nitrogens with one attached hydrogen (secondary N) is 1. The Morgan fingerprint density at radius 2 is 2.00 bits per heavy atom. The van der Waals surface area contributed by atoms with E-state index in [4.69, 9.17) is 5.73 Å². The van der Waals surface area contributed by atoms with Gasteiger partial charge >= 0.3 is 0 Å². The molecule has 3 N–H and O–H groups in total. The summed E-state index contributed by atoms with van der Waals surface area (Å²) in [5, 5.41) is 2.70. The molecule has 90 valence electrons. The van der Waals surface area contributed by atoms with Gasteiger partial charge in [0.25, 0.3) is 0 Å². The molecule has 0 aliphatic rings. The summed E-state index contributed by atoms with van der Waals surface area (Å²) in [5.41, 5.74) is 5.92. The second kappa shape index (κ2) is 9.97. The highest BCUT2D eigenvalue weighted by atomic mass is 16.1. The van der Waals surface area contributed by atoms with Crippen LogP contribution in [0.3, 0.4) is 0 Å². The van der Waals surface area contributed by atoms with Crippen LogP contribution in [0, 0.1) is 5.92 Å². The van der Waals surface area contributed by atoms with Crippen molar-refractivity contribution in [3.05, 3.63) is 0 Å². The second-order valence-corrected chi connectivity index (χ2v) is 4.33. The van der Waals surface area contributed by atoms with Crippen LogP contribution >= 0.6 is 0 Å². The molecule has 1 amide bonds. The normalized spacial score (nSPS) is 14.6. The summed E-state index contributed by atoms with van der Waals surface area (Å²) >= 11 is 0. The Morgan fingerprint density at radius 3 is 2.53 bits per heavy atom. The number of hydrogen-bond donors (Lipinski definition) is 2. The summed E-state index contributed by atoms with van der Waals surface area (Å²) in [6, 6.07) is 0.236. The van der Waals surface area contributed by atoms with E-state index < -0.39 is 0 Å². The molecule has 2 atom stereocenters. The largest absolute Gasteiger partial charge is 0.359 e. The lowest BCUT2D eigenvalue weighted by atomic mass is 9.91. The van der Waals surface area contributed by atoms with E-state index in [9.17, 15) is 4.79 Å². The molecule has 0 saturated carbocycles. The first kappa shape index (κ1) is 14.4. The van der Waals surface area contributed by atoms with Gasteiger partial charge in [-0.05, 0) is 25.7 Å². The number of carbonyl (C=O) groups excluding carboxylic acids is 1. The highest BCUT2D eigenvalue weighted by Gasteiger charge is 2.12. The predicted molar refractivity (Wildman–Crippen MR) is 64.6 cm³/mol. The fourth-order valence-electron chi connectivity index (χ4n) is 1.83. The summed E-state index contributed by atoms with van der Waals surface area (Å²) in [4.78, 5) is 10.1. The minimum absolute atomic E-state index is 0.236. The molecule has 0 spiro atoms. The Labute approximate surface area is 93.8 Å². The Kier molecular flexibility index (Phi) is 9.59. The van der Waals surface area contributed by atoms with Crippen LogP contribution in [0.4, 0.5) is 0 Å². The Balaban J connectivity index is 3.58. The van der Waals surface area contributed by atoms with E-state index in [0.717, 1.165) is 19.4 Å².